The van der Waals surface area contributed by atoms with Crippen LogP contribution in [-0.4, -0.2) is 27.7 Å². The summed E-state index contributed by atoms with van der Waals surface area (Å²) in [6, 6.07) is 11.7. The van der Waals surface area contributed by atoms with E-state index in [1.165, 1.54) is 13.2 Å². The lowest BCUT2D eigenvalue weighted by Crippen LogP contribution is -2.15. The van der Waals surface area contributed by atoms with Crippen molar-refractivity contribution in [3.05, 3.63) is 53.1 Å². The molecule has 24 heavy (non-hydrogen) atoms. The van der Waals surface area contributed by atoms with Crippen molar-refractivity contribution in [1.82, 2.24) is 0 Å². The van der Waals surface area contributed by atoms with Gasteiger partial charge < -0.3 is 10.1 Å². The Morgan fingerprint density at radius 2 is 1.83 bits per heavy atom. The molecule has 0 atom stereocenters. The average Bonchev–Trinajstić information content (AvgIpc) is 2.48. The van der Waals surface area contributed by atoms with Gasteiger partial charge in [0.25, 0.3) is 0 Å². The standard InChI is InChI=1S/C16H17ClN2O4S/c1-23-15-8-7-13(10-14(15)19-24(2,21)22)18-16(20)9-11-3-5-12(17)6-4-11/h3-8,10,19H,9H2,1-2H3,(H,18,20). The first-order valence-electron chi connectivity index (χ1n) is 6.97. The first-order valence-corrected chi connectivity index (χ1v) is 9.24. The van der Waals surface area contributed by atoms with Gasteiger partial charge in [-0.2, -0.15) is 0 Å². The highest BCUT2D eigenvalue weighted by Crippen LogP contribution is 2.28. The summed E-state index contributed by atoms with van der Waals surface area (Å²) < 4.78 is 30.3. The number of carbonyl (C=O) groups is 1. The lowest BCUT2D eigenvalue weighted by atomic mass is 10.1. The minimum absolute atomic E-state index is 0.179. The molecule has 1 amide bonds. The van der Waals surface area contributed by atoms with Crippen LogP contribution in [-0.2, 0) is 21.2 Å². The maximum Gasteiger partial charge on any atom is 0.229 e. The number of halogens is 1. The van der Waals surface area contributed by atoms with E-state index in [1.54, 1.807) is 36.4 Å². The minimum atomic E-state index is -3.46. The van der Waals surface area contributed by atoms with E-state index in [-0.39, 0.29) is 18.0 Å². The largest absolute Gasteiger partial charge is 0.495 e. The Kier molecular flexibility index (Phi) is 5.69. The van der Waals surface area contributed by atoms with Gasteiger partial charge in [0.1, 0.15) is 5.75 Å². The summed E-state index contributed by atoms with van der Waals surface area (Å²) in [5.74, 6) is 0.129. The number of hydrogen-bond acceptors (Lipinski definition) is 4. The predicted molar refractivity (Wildman–Crippen MR) is 95.2 cm³/mol. The molecule has 0 aromatic heterocycles. The molecule has 2 N–H and O–H groups in total. The van der Waals surface area contributed by atoms with Gasteiger partial charge in [0, 0.05) is 10.7 Å². The second kappa shape index (κ2) is 7.55. The third-order valence-electron chi connectivity index (χ3n) is 3.06. The van der Waals surface area contributed by atoms with Crippen molar-refractivity contribution in [3.8, 4) is 5.75 Å². The van der Waals surface area contributed by atoms with Gasteiger partial charge in [0.2, 0.25) is 15.9 Å². The number of sulfonamides is 1. The second-order valence-corrected chi connectivity index (χ2v) is 7.33. The van der Waals surface area contributed by atoms with Crippen LogP contribution >= 0.6 is 11.6 Å². The van der Waals surface area contributed by atoms with Crippen LogP contribution in [0.25, 0.3) is 0 Å². The normalized spacial score (nSPS) is 11.0. The quantitative estimate of drug-likeness (QED) is 0.821. The van der Waals surface area contributed by atoms with Crippen LogP contribution in [0.3, 0.4) is 0 Å². The Balaban J connectivity index is 2.12. The van der Waals surface area contributed by atoms with Crippen LogP contribution in [0.15, 0.2) is 42.5 Å². The van der Waals surface area contributed by atoms with Gasteiger partial charge >= 0.3 is 0 Å². The van der Waals surface area contributed by atoms with Crippen molar-refractivity contribution in [2.75, 3.05) is 23.4 Å². The highest BCUT2D eigenvalue weighted by atomic mass is 35.5. The van der Waals surface area contributed by atoms with Gasteiger partial charge in [-0.3, -0.25) is 9.52 Å². The molecular weight excluding hydrogens is 352 g/mol. The van der Waals surface area contributed by atoms with E-state index in [9.17, 15) is 13.2 Å². The topological polar surface area (TPSA) is 84.5 Å². The zero-order valence-corrected chi connectivity index (χ0v) is 14.7. The number of anilines is 2. The monoisotopic (exact) mass is 368 g/mol. The zero-order valence-electron chi connectivity index (χ0n) is 13.2. The number of hydrogen-bond donors (Lipinski definition) is 2. The highest BCUT2D eigenvalue weighted by molar-refractivity contribution is 7.92. The Morgan fingerprint density at radius 1 is 1.17 bits per heavy atom. The smallest absolute Gasteiger partial charge is 0.229 e. The fourth-order valence-electron chi connectivity index (χ4n) is 2.06. The Morgan fingerprint density at radius 3 is 2.42 bits per heavy atom. The number of methoxy groups -OCH3 is 1. The van der Waals surface area contributed by atoms with Crippen molar-refractivity contribution >= 4 is 38.9 Å². The van der Waals surface area contributed by atoms with Gasteiger partial charge in [-0.1, -0.05) is 23.7 Å². The number of carbonyl (C=O) groups excluding carboxylic acids is 1. The van der Waals surface area contributed by atoms with Crippen LogP contribution in [0.4, 0.5) is 11.4 Å². The highest BCUT2D eigenvalue weighted by Gasteiger charge is 2.11. The van der Waals surface area contributed by atoms with Crippen LogP contribution in [0, 0.1) is 0 Å². The molecule has 0 spiro atoms. The van der Waals surface area contributed by atoms with E-state index in [2.05, 4.69) is 10.0 Å². The molecule has 0 fully saturated rings. The molecule has 0 unspecified atom stereocenters. The van der Waals surface area contributed by atoms with Crippen LogP contribution in [0.1, 0.15) is 5.56 Å². The molecule has 0 aliphatic heterocycles. The molecule has 2 aromatic carbocycles. The Bertz CT molecular complexity index is 836. The maximum atomic E-state index is 12.1. The number of nitrogens with one attached hydrogen (secondary N) is 2. The summed E-state index contributed by atoms with van der Waals surface area (Å²) in [5.41, 5.74) is 1.53. The minimum Gasteiger partial charge on any atom is -0.495 e. The Hall–Kier alpha value is -2.25. The molecule has 2 aromatic rings. The van der Waals surface area contributed by atoms with Gasteiger partial charge in [-0.25, -0.2) is 8.42 Å². The maximum absolute atomic E-state index is 12.1. The molecule has 0 heterocycles. The molecule has 8 heteroatoms. The first kappa shape index (κ1) is 18.1. The van der Waals surface area contributed by atoms with Gasteiger partial charge in [0.15, 0.2) is 0 Å². The molecule has 0 radical (unpaired) electrons. The second-order valence-electron chi connectivity index (χ2n) is 5.14. The van der Waals surface area contributed by atoms with Crippen molar-refractivity contribution in [3.63, 3.8) is 0 Å². The fourth-order valence-corrected chi connectivity index (χ4v) is 2.74. The van der Waals surface area contributed by atoms with Gasteiger partial charge in [-0.05, 0) is 35.9 Å². The number of benzene rings is 2. The zero-order chi connectivity index (χ0) is 17.7. The Labute approximate surface area is 145 Å². The predicted octanol–water partition coefficient (Wildman–Crippen LogP) is 2.90. The third-order valence-corrected chi connectivity index (χ3v) is 3.90. The summed E-state index contributed by atoms with van der Waals surface area (Å²) >= 11 is 5.81. The van der Waals surface area contributed by atoms with E-state index >= 15 is 0 Å². The molecule has 0 aliphatic carbocycles. The third kappa shape index (κ3) is 5.43. The summed E-state index contributed by atoms with van der Waals surface area (Å²) in [4.78, 5) is 12.1. The van der Waals surface area contributed by atoms with Gasteiger partial charge in [-0.15, -0.1) is 0 Å². The molecule has 0 saturated carbocycles. The summed E-state index contributed by atoms with van der Waals surface area (Å²) in [6.45, 7) is 0. The molecule has 6 nitrogen and oxygen atoms in total. The van der Waals surface area contributed by atoms with E-state index in [4.69, 9.17) is 16.3 Å². The van der Waals surface area contributed by atoms with Gasteiger partial charge in [0.05, 0.1) is 25.5 Å². The van der Waals surface area contributed by atoms with Crippen LogP contribution in [0.2, 0.25) is 5.02 Å². The molecule has 0 aliphatic rings. The number of ether oxygens (including phenoxy) is 1. The summed E-state index contributed by atoms with van der Waals surface area (Å²) in [6.07, 6.45) is 1.22. The van der Waals surface area contributed by atoms with Crippen LogP contribution in [0.5, 0.6) is 5.75 Å². The summed E-state index contributed by atoms with van der Waals surface area (Å²) in [5, 5.41) is 3.32. The molecule has 0 saturated heterocycles. The molecule has 128 valence electrons. The molecular formula is C16H17ClN2O4S. The van der Waals surface area contributed by atoms with E-state index < -0.39 is 10.0 Å². The number of amides is 1. The lowest BCUT2D eigenvalue weighted by Gasteiger charge is -2.12. The van der Waals surface area contributed by atoms with E-state index in [1.807, 2.05) is 0 Å². The first-order chi connectivity index (χ1) is 11.3. The van der Waals surface area contributed by atoms with Crippen molar-refractivity contribution in [1.29, 1.82) is 0 Å². The van der Waals surface area contributed by atoms with E-state index in [0.717, 1.165) is 11.8 Å². The number of rotatable bonds is 6. The molecule has 0 bridgehead atoms. The van der Waals surface area contributed by atoms with Crippen molar-refractivity contribution < 1.29 is 17.9 Å². The van der Waals surface area contributed by atoms with E-state index in [0.29, 0.717) is 16.5 Å². The SMILES string of the molecule is COc1ccc(NC(=O)Cc2ccc(Cl)cc2)cc1NS(C)(=O)=O. The van der Waals surface area contributed by atoms with Crippen molar-refractivity contribution in [2.24, 2.45) is 0 Å². The van der Waals surface area contributed by atoms with Crippen molar-refractivity contribution in [2.45, 2.75) is 6.42 Å². The fraction of sp³-hybridized carbons (Fsp3) is 0.188. The average molecular weight is 369 g/mol. The van der Waals surface area contributed by atoms with Crippen LogP contribution < -0.4 is 14.8 Å². The lowest BCUT2D eigenvalue weighted by molar-refractivity contribution is -0.115. The summed E-state index contributed by atoms with van der Waals surface area (Å²) in [7, 11) is -2.03. The molecule has 2 rings (SSSR count).